The molecule has 0 aliphatic rings. The molecule has 0 saturated carbocycles. The fourth-order valence-corrected chi connectivity index (χ4v) is 5.10. The number of imidazole rings is 1. The van der Waals surface area contributed by atoms with Crippen molar-refractivity contribution >= 4 is 12.1 Å². The number of aromatic carboxylic acids is 1. The fourth-order valence-electron chi connectivity index (χ4n) is 5.10. The molecule has 5 rings (SSSR count). The first-order valence-corrected chi connectivity index (χ1v) is 15.2. The molecule has 0 aliphatic carbocycles. The Kier molecular flexibility index (Phi) is 10.3. The van der Waals surface area contributed by atoms with Crippen molar-refractivity contribution in [1.82, 2.24) is 29.8 Å². The number of carbonyl (C=O) groups excluding carboxylic acids is 1. The molecule has 0 atom stereocenters. The summed E-state index contributed by atoms with van der Waals surface area (Å²) in [5, 5.41) is 42.6. The van der Waals surface area contributed by atoms with E-state index >= 15 is 0 Å². The topological polar surface area (TPSA) is 207 Å². The van der Waals surface area contributed by atoms with E-state index in [4.69, 9.17) is 9.47 Å². The SMILES string of the molecule is CCCc1nc(C(C)(C)O)c(C(=O)O)n1Cc1ccc(-c2ccccc2-c2nnn(COC(=O)Oc3cccc(CO[N+](=O)[O-])c3)n2)cc1. The van der Waals surface area contributed by atoms with Gasteiger partial charge in [0.15, 0.2) is 5.69 Å². The number of aromatic nitrogens is 6. The van der Waals surface area contributed by atoms with Crippen molar-refractivity contribution in [3.8, 4) is 28.3 Å². The van der Waals surface area contributed by atoms with Gasteiger partial charge in [0.2, 0.25) is 12.6 Å². The van der Waals surface area contributed by atoms with E-state index in [1.807, 2.05) is 55.5 Å². The lowest BCUT2D eigenvalue weighted by atomic mass is 9.98. The van der Waals surface area contributed by atoms with Crippen LogP contribution in [0.4, 0.5) is 4.79 Å². The number of carboxylic acid groups (broad SMARTS) is 1. The van der Waals surface area contributed by atoms with E-state index in [0.717, 1.165) is 27.9 Å². The minimum atomic E-state index is -1.42. The van der Waals surface area contributed by atoms with Crippen LogP contribution in [0.3, 0.4) is 0 Å². The van der Waals surface area contributed by atoms with Crippen molar-refractivity contribution in [3.05, 3.63) is 111 Å². The lowest BCUT2D eigenvalue weighted by molar-refractivity contribution is -0.763. The molecule has 2 aromatic heterocycles. The van der Waals surface area contributed by atoms with Crippen LogP contribution in [-0.2, 0) is 41.5 Å². The summed E-state index contributed by atoms with van der Waals surface area (Å²) in [6, 6.07) is 21.0. The molecule has 3 aromatic carbocycles. The summed E-state index contributed by atoms with van der Waals surface area (Å²) in [6.45, 7) is 4.57. The Morgan fingerprint density at radius 1 is 1.00 bits per heavy atom. The van der Waals surface area contributed by atoms with Crippen molar-refractivity contribution in [2.75, 3.05) is 0 Å². The van der Waals surface area contributed by atoms with Crippen molar-refractivity contribution < 1.29 is 39.2 Å². The molecule has 0 amide bonds. The van der Waals surface area contributed by atoms with Gasteiger partial charge in [0.1, 0.15) is 29.5 Å². The highest BCUT2D eigenvalue weighted by atomic mass is 16.9. The average Bonchev–Trinajstić information content (AvgIpc) is 3.69. The monoisotopic (exact) mass is 671 g/mol. The number of carboxylic acids is 1. The summed E-state index contributed by atoms with van der Waals surface area (Å²) in [6.07, 6.45) is 0.265. The molecule has 5 aromatic rings. The van der Waals surface area contributed by atoms with E-state index in [-0.39, 0.29) is 36.1 Å². The Morgan fingerprint density at radius 2 is 1.73 bits per heavy atom. The second-order valence-electron chi connectivity index (χ2n) is 11.4. The summed E-state index contributed by atoms with van der Waals surface area (Å²) >= 11 is 0. The van der Waals surface area contributed by atoms with Crippen LogP contribution in [0.25, 0.3) is 22.5 Å². The van der Waals surface area contributed by atoms with Crippen LogP contribution >= 0.6 is 0 Å². The Morgan fingerprint density at radius 3 is 2.41 bits per heavy atom. The Balaban J connectivity index is 1.28. The van der Waals surface area contributed by atoms with E-state index in [1.54, 1.807) is 16.7 Å². The molecule has 0 fully saturated rings. The highest BCUT2D eigenvalue weighted by Gasteiger charge is 2.31. The number of carbonyl (C=O) groups is 2. The first-order chi connectivity index (χ1) is 23.4. The normalized spacial score (nSPS) is 11.3. The van der Waals surface area contributed by atoms with Gasteiger partial charge >= 0.3 is 12.1 Å². The predicted octanol–water partition coefficient (Wildman–Crippen LogP) is 5.01. The van der Waals surface area contributed by atoms with Crippen molar-refractivity contribution in [1.29, 1.82) is 0 Å². The zero-order chi connectivity index (χ0) is 35.1. The van der Waals surface area contributed by atoms with Crippen LogP contribution in [0, 0.1) is 10.1 Å². The number of aryl methyl sites for hydroxylation is 1. The molecule has 2 heterocycles. The smallest absolute Gasteiger partial charge is 0.477 e. The van der Waals surface area contributed by atoms with Crippen LogP contribution in [0.1, 0.15) is 60.3 Å². The van der Waals surface area contributed by atoms with E-state index in [0.29, 0.717) is 23.4 Å². The number of nitrogens with zero attached hydrogens (tertiary/aromatic N) is 7. The van der Waals surface area contributed by atoms with E-state index in [1.165, 1.54) is 26.0 Å². The third-order valence-corrected chi connectivity index (χ3v) is 7.26. The van der Waals surface area contributed by atoms with Gasteiger partial charge in [0.05, 0.1) is 0 Å². The first kappa shape index (κ1) is 34.2. The minimum Gasteiger partial charge on any atom is -0.477 e. The molecule has 16 nitrogen and oxygen atoms in total. The third kappa shape index (κ3) is 8.41. The Hall–Kier alpha value is -6.16. The summed E-state index contributed by atoms with van der Waals surface area (Å²) in [7, 11) is 0. The van der Waals surface area contributed by atoms with Gasteiger partial charge in [-0.25, -0.2) is 14.6 Å². The predicted molar refractivity (Wildman–Crippen MR) is 172 cm³/mol. The van der Waals surface area contributed by atoms with Gasteiger partial charge in [0, 0.05) is 18.5 Å². The highest BCUT2D eigenvalue weighted by molar-refractivity contribution is 5.87. The molecule has 0 saturated heterocycles. The van der Waals surface area contributed by atoms with Crippen LogP contribution in [0.2, 0.25) is 0 Å². The van der Waals surface area contributed by atoms with Crippen LogP contribution < -0.4 is 4.74 Å². The van der Waals surface area contributed by atoms with Gasteiger partial charge in [-0.1, -0.05) is 67.6 Å². The van der Waals surface area contributed by atoms with Crippen LogP contribution in [0.15, 0.2) is 72.8 Å². The number of hydrogen-bond donors (Lipinski definition) is 2. The maximum Gasteiger partial charge on any atom is 0.515 e. The molecule has 0 spiro atoms. The average molecular weight is 672 g/mol. The molecule has 0 unspecified atom stereocenters. The molecular formula is C33H33N7O9. The quantitative estimate of drug-likeness (QED) is 0.0690. The van der Waals surface area contributed by atoms with Gasteiger partial charge < -0.3 is 29.1 Å². The highest BCUT2D eigenvalue weighted by Crippen LogP contribution is 2.31. The molecular weight excluding hydrogens is 638 g/mol. The van der Waals surface area contributed by atoms with Crippen LogP contribution in [0.5, 0.6) is 5.75 Å². The van der Waals surface area contributed by atoms with Gasteiger partial charge in [0.25, 0.3) is 5.09 Å². The van der Waals surface area contributed by atoms with Crippen molar-refractivity contribution in [3.63, 3.8) is 0 Å². The lowest BCUT2D eigenvalue weighted by Crippen LogP contribution is -2.22. The zero-order valence-electron chi connectivity index (χ0n) is 26.8. The number of benzene rings is 3. The van der Waals surface area contributed by atoms with E-state index < -0.39 is 29.5 Å². The zero-order valence-corrected chi connectivity index (χ0v) is 26.8. The molecule has 0 radical (unpaired) electrons. The third-order valence-electron chi connectivity index (χ3n) is 7.26. The minimum absolute atomic E-state index is 0.0359. The number of hydrogen-bond acceptors (Lipinski definition) is 12. The van der Waals surface area contributed by atoms with Gasteiger partial charge in [-0.3, -0.25) is 0 Å². The second-order valence-corrected chi connectivity index (χ2v) is 11.4. The summed E-state index contributed by atoms with van der Waals surface area (Å²) in [5.74, 6) is -0.183. The van der Waals surface area contributed by atoms with E-state index in [9.17, 15) is 29.9 Å². The molecule has 254 valence electrons. The molecule has 49 heavy (non-hydrogen) atoms. The maximum atomic E-state index is 12.3. The van der Waals surface area contributed by atoms with Gasteiger partial charge in [-0.2, -0.15) is 0 Å². The second kappa shape index (κ2) is 14.7. The Labute approximate surface area is 279 Å². The number of aliphatic hydroxyl groups is 1. The largest absolute Gasteiger partial charge is 0.515 e. The maximum absolute atomic E-state index is 12.3. The summed E-state index contributed by atoms with van der Waals surface area (Å²) in [4.78, 5) is 44.9. The number of tetrazole rings is 1. The first-order valence-electron chi connectivity index (χ1n) is 15.2. The van der Waals surface area contributed by atoms with Gasteiger partial charge in [-0.05, 0) is 59.9 Å². The molecule has 0 aliphatic heterocycles. The van der Waals surface area contributed by atoms with Crippen LogP contribution in [-0.4, -0.2) is 57.2 Å². The number of rotatable bonds is 14. The lowest BCUT2D eigenvalue weighted by Gasteiger charge is -2.16. The van der Waals surface area contributed by atoms with Crippen molar-refractivity contribution in [2.24, 2.45) is 0 Å². The summed E-state index contributed by atoms with van der Waals surface area (Å²) < 4.78 is 11.9. The standard InChI is InChI=1S/C33H33N7O9/c1-4-8-27-34-29(33(2,3)44)28(31(41)42)38(27)18-21-13-15-23(16-14-21)25-11-5-6-12-26(25)30-35-37-39(36-30)20-47-32(43)49-24-10-7-9-22(17-24)19-48-40(45)46/h5-7,9-17,44H,4,8,18-20H2,1-3H3,(H,41,42). The molecule has 0 bridgehead atoms. The van der Waals surface area contributed by atoms with Gasteiger partial charge in [-0.15, -0.1) is 25.1 Å². The molecule has 16 heteroatoms. The fraction of sp³-hybridized carbons (Fsp3) is 0.273. The number of ether oxygens (including phenoxy) is 2. The summed E-state index contributed by atoms with van der Waals surface area (Å²) in [5.41, 5.74) is 2.25. The van der Waals surface area contributed by atoms with Crippen molar-refractivity contribution in [2.45, 2.75) is 59.1 Å². The molecule has 2 N–H and O–H groups in total. The Bertz CT molecular complexity index is 1960. The van der Waals surface area contributed by atoms with E-state index in [2.05, 4.69) is 25.2 Å².